The van der Waals surface area contributed by atoms with E-state index in [2.05, 4.69) is 30.8 Å². The average Bonchev–Trinajstić information content (AvgIpc) is 2.78. The van der Waals surface area contributed by atoms with E-state index in [0.29, 0.717) is 48.2 Å². The number of carbonyl (C=O) groups excluding carboxylic acids is 1. The topological polar surface area (TPSA) is 98.2 Å². The third-order valence-corrected chi connectivity index (χ3v) is 5.99. The number of aromatic nitrogens is 1. The van der Waals surface area contributed by atoms with E-state index >= 15 is 0 Å². The van der Waals surface area contributed by atoms with Gasteiger partial charge in [0.1, 0.15) is 5.60 Å². The molecule has 2 heterocycles. The van der Waals surface area contributed by atoms with Crippen LogP contribution in [0.1, 0.15) is 26.3 Å². The van der Waals surface area contributed by atoms with Crippen molar-refractivity contribution < 1.29 is 14.6 Å². The summed E-state index contributed by atoms with van der Waals surface area (Å²) in [6.45, 7) is 8.23. The smallest absolute Gasteiger partial charge is 0.410 e. The molecule has 34 heavy (non-hydrogen) atoms. The maximum absolute atomic E-state index is 12.3. The van der Waals surface area contributed by atoms with Gasteiger partial charge in [0.15, 0.2) is 0 Å². The van der Waals surface area contributed by atoms with E-state index in [1.165, 1.54) is 0 Å². The molecule has 178 valence electrons. The number of aliphatic imine (C=N–C) groups is 1. The third kappa shape index (κ3) is 5.41. The summed E-state index contributed by atoms with van der Waals surface area (Å²) in [5, 5.41) is 11.4. The molecule has 1 aromatic heterocycles. The standard InChI is InChI=1S/C25H27BrN4O4/c1-25(2,3)34-24(33)30-12-10-29(11-13-30)18-7-5-17(6-8-18)27-15-21-20-14-16(26)4-9-19(20)22(31)28-23(21)32/h4-9,14-15H,10-13H2,1-3H3,(H2,28,31,32). The highest BCUT2D eigenvalue weighted by Crippen LogP contribution is 2.26. The maximum atomic E-state index is 12.3. The number of carbonyl (C=O) groups is 1. The summed E-state index contributed by atoms with van der Waals surface area (Å²) >= 11 is 3.41. The Morgan fingerprint density at radius 3 is 2.41 bits per heavy atom. The van der Waals surface area contributed by atoms with E-state index in [9.17, 15) is 14.7 Å². The number of rotatable bonds is 3. The molecule has 1 aliphatic rings. The van der Waals surface area contributed by atoms with Crippen molar-refractivity contribution in [3.05, 3.63) is 62.9 Å². The second kappa shape index (κ2) is 9.50. The van der Waals surface area contributed by atoms with E-state index < -0.39 is 5.60 Å². The number of piperazine rings is 1. The number of hydrogen-bond acceptors (Lipinski definition) is 6. The number of aromatic amines is 1. The highest BCUT2D eigenvalue weighted by atomic mass is 79.9. The Morgan fingerprint density at radius 1 is 1.09 bits per heavy atom. The lowest BCUT2D eigenvalue weighted by Crippen LogP contribution is -2.50. The molecule has 0 unspecified atom stereocenters. The largest absolute Gasteiger partial charge is 0.494 e. The molecule has 4 rings (SSSR count). The van der Waals surface area contributed by atoms with Crippen LogP contribution in [0, 0.1) is 0 Å². The SMILES string of the molecule is CC(C)(C)OC(=O)N1CCN(c2ccc(N=Cc3c(O)[nH]c(=O)c4ccc(Br)cc34)cc2)CC1. The monoisotopic (exact) mass is 526 g/mol. The number of halogens is 1. The summed E-state index contributed by atoms with van der Waals surface area (Å²) in [7, 11) is 0. The molecular formula is C25H27BrN4O4. The molecule has 0 bridgehead atoms. The van der Waals surface area contributed by atoms with Crippen LogP contribution in [0.4, 0.5) is 16.2 Å². The van der Waals surface area contributed by atoms with E-state index in [-0.39, 0.29) is 17.5 Å². The minimum absolute atomic E-state index is 0.223. The Morgan fingerprint density at radius 2 is 1.76 bits per heavy atom. The number of anilines is 1. The zero-order valence-corrected chi connectivity index (χ0v) is 20.9. The van der Waals surface area contributed by atoms with Crippen molar-refractivity contribution in [3.63, 3.8) is 0 Å². The van der Waals surface area contributed by atoms with Crippen molar-refractivity contribution in [3.8, 4) is 5.88 Å². The number of fused-ring (bicyclic) bond motifs is 1. The van der Waals surface area contributed by atoms with Gasteiger partial charge in [-0.3, -0.25) is 14.8 Å². The van der Waals surface area contributed by atoms with Crippen molar-refractivity contribution >= 4 is 50.4 Å². The van der Waals surface area contributed by atoms with Gasteiger partial charge in [-0.1, -0.05) is 15.9 Å². The molecule has 0 spiro atoms. The second-order valence-electron chi connectivity index (χ2n) is 9.14. The van der Waals surface area contributed by atoms with Crippen LogP contribution in [0.5, 0.6) is 5.88 Å². The first-order valence-electron chi connectivity index (χ1n) is 11.0. The highest BCUT2D eigenvalue weighted by molar-refractivity contribution is 9.10. The number of amides is 1. The van der Waals surface area contributed by atoms with Gasteiger partial charge in [0.25, 0.3) is 5.56 Å². The lowest BCUT2D eigenvalue weighted by atomic mass is 10.1. The van der Waals surface area contributed by atoms with Gasteiger partial charge < -0.3 is 19.6 Å². The van der Waals surface area contributed by atoms with Crippen LogP contribution >= 0.6 is 15.9 Å². The van der Waals surface area contributed by atoms with E-state index in [1.807, 2.05) is 45.0 Å². The summed E-state index contributed by atoms with van der Waals surface area (Å²) in [5.41, 5.74) is 1.35. The first-order chi connectivity index (χ1) is 16.1. The van der Waals surface area contributed by atoms with Crippen LogP contribution in [0.3, 0.4) is 0 Å². The van der Waals surface area contributed by atoms with E-state index in [4.69, 9.17) is 4.74 Å². The molecule has 1 amide bonds. The van der Waals surface area contributed by atoms with Gasteiger partial charge in [0.2, 0.25) is 5.88 Å². The predicted molar refractivity (Wildman–Crippen MR) is 138 cm³/mol. The number of benzene rings is 2. The number of hydrogen-bond donors (Lipinski definition) is 2. The minimum Gasteiger partial charge on any atom is -0.494 e. The fourth-order valence-electron chi connectivity index (χ4n) is 3.80. The molecule has 0 atom stereocenters. The molecule has 1 saturated heterocycles. The molecule has 8 nitrogen and oxygen atoms in total. The number of nitrogens with one attached hydrogen (secondary N) is 1. The molecule has 3 aromatic rings. The lowest BCUT2D eigenvalue weighted by molar-refractivity contribution is 0.0240. The molecule has 0 saturated carbocycles. The molecule has 0 aliphatic carbocycles. The van der Waals surface area contributed by atoms with Crippen LogP contribution in [-0.4, -0.2) is 59.1 Å². The first kappa shape index (κ1) is 23.8. The van der Waals surface area contributed by atoms with Gasteiger partial charge in [-0.25, -0.2) is 4.79 Å². The minimum atomic E-state index is -0.501. The second-order valence-corrected chi connectivity index (χ2v) is 10.1. The molecule has 0 radical (unpaired) electrons. The maximum Gasteiger partial charge on any atom is 0.410 e. The summed E-state index contributed by atoms with van der Waals surface area (Å²) in [6, 6.07) is 13.0. The lowest BCUT2D eigenvalue weighted by Gasteiger charge is -2.36. The third-order valence-electron chi connectivity index (χ3n) is 5.49. The zero-order valence-electron chi connectivity index (χ0n) is 19.3. The number of pyridine rings is 1. The number of ether oxygens (including phenoxy) is 1. The summed E-state index contributed by atoms with van der Waals surface area (Å²) in [4.78, 5) is 35.3. The predicted octanol–water partition coefficient (Wildman–Crippen LogP) is 4.80. The van der Waals surface area contributed by atoms with Gasteiger partial charge in [0, 0.05) is 53.3 Å². The normalized spacial score (nSPS) is 14.7. The van der Waals surface area contributed by atoms with Crippen LogP contribution in [0.15, 0.2) is 56.7 Å². The molecular weight excluding hydrogens is 500 g/mol. The first-order valence-corrected chi connectivity index (χ1v) is 11.8. The van der Waals surface area contributed by atoms with E-state index in [1.54, 1.807) is 29.3 Å². The Bertz CT molecular complexity index is 1290. The Labute approximate surface area is 206 Å². The van der Waals surface area contributed by atoms with Gasteiger partial charge >= 0.3 is 6.09 Å². The van der Waals surface area contributed by atoms with Gasteiger partial charge in [0.05, 0.1) is 11.3 Å². The molecule has 2 aromatic carbocycles. The molecule has 1 aliphatic heterocycles. The van der Waals surface area contributed by atoms with Crippen molar-refractivity contribution in [1.29, 1.82) is 0 Å². The summed E-state index contributed by atoms with van der Waals surface area (Å²) < 4.78 is 6.26. The molecule has 1 fully saturated rings. The number of nitrogens with zero attached hydrogens (tertiary/aromatic N) is 3. The van der Waals surface area contributed by atoms with Crippen LogP contribution < -0.4 is 10.5 Å². The number of H-pyrrole nitrogens is 1. The van der Waals surface area contributed by atoms with Crippen molar-refractivity contribution in [1.82, 2.24) is 9.88 Å². The zero-order chi connectivity index (χ0) is 24.5. The molecule has 2 N–H and O–H groups in total. The Hall–Kier alpha value is -3.33. The van der Waals surface area contributed by atoms with Crippen LogP contribution in [-0.2, 0) is 4.74 Å². The summed E-state index contributed by atoms with van der Waals surface area (Å²) in [6.07, 6.45) is 1.27. The fourth-order valence-corrected chi connectivity index (χ4v) is 4.16. The van der Waals surface area contributed by atoms with Crippen molar-refractivity contribution in [2.45, 2.75) is 26.4 Å². The van der Waals surface area contributed by atoms with Crippen LogP contribution in [0.25, 0.3) is 10.8 Å². The van der Waals surface area contributed by atoms with Gasteiger partial charge in [-0.15, -0.1) is 0 Å². The van der Waals surface area contributed by atoms with Crippen molar-refractivity contribution in [2.24, 2.45) is 4.99 Å². The number of aromatic hydroxyl groups is 1. The van der Waals surface area contributed by atoms with Crippen LogP contribution in [0.2, 0.25) is 0 Å². The Kier molecular flexibility index (Phi) is 6.65. The van der Waals surface area contributed by atoms with Crippen molar-refractivity contribution in [2.75, 3.05) is 31.1 Å². The highest BCUT2D eigenvalue weighted by Gasteiger charge is 2.25. The fraction of sp³-hybridized carbons (Fsp3) is 0.320. The quantitative estimate of drug-likeness (QED) is 0.477. The Balaban J connectivity index is 1.45. The molecule has 9 heteroatoms. The average molecular weight is 527 g/mol. The summed E-state index contributed by atoms with van der Waals surface area (Å²) in [5.74, 6) is -0.223. The van der Waals surface area contributed by atoms with Gasteiger partial charge in [-0.05, 0) is 63.2 Å². The van der Waals surface area contributed by atoms with Gasteiger partial charge in [-0.2, -0.15) is 0 Å². The van der Waals surface area contributed by atoms with E-state index in [0.717, 1.165) is 10.2 Å².